The van der Waals surface area contributed by atoms with Gasteiger partial charge in [0.15, 0.2) is 18.1 Å². The number of halogens is 1. The van der Waals surface area contributed by atoms with Crippen LogP contribution in [0, 0.1) is 0 Å². The summed E-state index contributed by atoms with van der Waals surface area (Å²) >= 11 is 5.82. The highest BCUT2D eigenvalue weighted by molar-refractivity contribution is 7.89. The van der Waals surface area contributed by atoms with Gasteiger partial charge in [-0.2, -0.15) is 4.31 Å². The molecule has 0 radical (unpaired) electrons. The van der Waals surface area contributed by atoms with Crippen LogP contribution in [0.1, 0.15) is 10.4 Å². The van der Waals surface area contributed by atoms with Crippen molar-refractivity contribution in [1.29, 1.82) is 0 Å². The Morgan fingerprint density at radius 2 is 1.62 bits per heavy atom. The van der Waals surface area contributed by atoms with Crippen molar-refractivity contribution in [3.8, 4) is 11.5 Å². The standard InChI is InChI=1S/C21H23ClN2O7S/c1-29-18-5-3-4-17(20(18)30-2)21(26)31-14-19(25)23-10-12-24(13-11-23)32(27,28)16-8-6-15(22)7-9-16/h3-9H,10-14H2,1-2H3. The molecule has 1 aliphatic heterocycles. The molecule has 0 N–H and O–H groups in total. The first-order chi connectivity index (χ1) is 15.3. The van der Waals surface area contributed by atoms with E-state index in [1.165, 1.54) is 53.8 Å². The lowest BCUT2D eigenvalue weighted by molar-refractivity contribution is -0.135. The number of esters is 1. The van der Waals surface area contributed by atoms with E-state index in [0.717, 1.165) is 0 Å². The van der Waals surface area contributed by atoms with Gasteiger partial charge >= 0.3 is 5.97 Å². The Kier molecular flexibility index (Phi) is 7.60. The number of methoxy groups -OCH3 is 2. The van der Waals surface area contributed by atoms with Crippen LogP contribution in [-0.2, 0) is 19.6 Å². The summed E-state index contributed by atoms with van der Waals surface area (Å²) in [6.45, 7) is 0.170. The molecular formula is C21H23ClN2O7S. The lowest BCUT2D eigenvalue weighted by Crippen LogP contribution is -2.51. The second-order valence-electron chi connectivity index (χ2n) is 6.86. The summed E-state index contributed by atoms with van der Waals surface area (Å²) in [6, 6.07) is 10.7. The third kappa shape index (κ3) is 5.14. The van der Waals surface area contributed by atoms with Crippen molar-refractivity contribution in [1.82, 2.24) is 9.21 Å². The van der Waals surface area contributed by atoms with E-state index >= 15 is 0 Å². The van der Waals surface area contributed by atoms with E-state index < -0.39 is 28.5 Å². The molecule has 172 valence electrons. The van der Waals surface area contributed by atoms with E-state index in [1.54, 1.807) is 12.1 Å². The molecule has 0 aromatic heterocycles. The minimum Gasteiger partial charge on any atom is -0.493 e. The quantitative estimate of drug-likeness (QED) is 0.556. The maximum Gasteiger partial charge on any atom is 0.342 e. The monoisotopic (exact) mass is 482 g/mol. The van der Waals surface area contributed by atoms with Crippen LogP contribution in [0.4, 0.5) is 0 Å². The van der Waals surface area contributed by atoms with Gasteiger partial charge in [0.05, 0.1) is 19.1 Å². The minimum atomic E-state index is -3.68. The number of nitrogens with zero attached hydrogens (tertiary/aromatic N) is 2. The predicted octanol–water partition coefficient (Wildman–Crippen LogP) is 2.05. The Morgan fingerprint density at radius 3 is 2.22 bits per heavy atom. The molecule has 1 amide bonds. The normalized spacial score (nSPS) is 14.7. The molecule has 0 aliphatic carbocycles. The molecule has 2 aromatic carbocycles. The lowest BCUT2D eigenvalue weighted by Gasteiger charge is -2.33. The molecule has 3 rings (SSSR count). The van der Waals surface area contributed by atoms with Crippen molar-refractivity contribution < 1.29 is 32.2 Å². The summed E-state index contributed by atoms with van der Waals surface area (Å²) in [6.07, 6.45) is 0. The molecule has 32 heavy (non-hydrogen) atoms. The van der Waals surface area contributed by atoms with E-state index in [2.05, 4.69) is 0 Å². The molecule has 11 heteroatoms. The van der Waals surface area contributed by atoms with E-state index in [4.69, 9.17) is 25.8 Å². The fraction of sp³-hybridized carbons (Fsp3) is 0.333. The molecule has 1 fully saturated rings. The molecule has 9 nitrogen and oxygen atoms in total. The average molecular weight is 483 g/mol. The van der Waals surface area contributed by atoms with Crippen molar-refractivity contribution in [2.24, 2.45) is 0 Å². The molecule has 2 aromatic rings. The van der Waals surface area contributed by atoms with Crippen molar-refractivity contribution >= 4 is 33.5 Å². The van der Waals surface area contributed by atoms with E-state index in [1.807, 2.05) is 0 Å². The lowest BCUT2D eigenvalue weighted by atomic mass is 10.2. The van der Waals surface area contributed by atoms with Crippen LogP contribution >= 0.6 is 11.6 Å². The zero-order valence-corrected chi connectivity index (χ0v) is 19.2. The van der Waals surface area contributed by atoms with Crippen LogP contribution in [0.3, 0.4) is 0 Å². The number of hydrogen-bond acceptors (Lipinski definition) is 7. The smallest absolute Gasteiger partial charge is 0.342 e. The number of carbonyl (C=O) groups is 2. The number of rotatable bonds is 7. The highest BCUT2D eigenvalue weighted by Gasteiger charge is 2.30. The summed E-state index contributed by atoms with van der Waals surface area (Å²) in [5.41, 5.74) is 0.138. The number of sulfonamides is 1. The zero-order valence-electron chi connectivity index (χ0n) is 17.6. The number of para-hydroxylation sites is 1. The largest absolute Gasteiger partial charge is 0.493 e. The third-order valence-electron chi connectivity index (χ3n) is 4.99. The second-order valence-corrected chi connectivity index (χ2v) is 9.23. The number of carbonyl (C=O) groups excluding carboxylic acids is 2. The zero-order chi connectivity index (χ0) is 23.3. The van der Waals surface area contributed by atoms with E-state index in [0.29, 0.717) is 10.8 Å². The van der Waals surface area contributed by atoms with Crippen LogP contribution < -0.4 is 9.47 Å². The molecule has 0 spiro atoms. The van der Waals surface area contributed by atoms with Gasteiger partial charge in [-0.05, 0) is 36.4 Å². The van der Waals surface area contributed by atoms with Gasteiger partial charge in [0.25, 0.3) is 5.91 Å². The molecule has 1 heterocycles. The Labute approximate surface area is 191 Å². The Morgan fingerprint density at radius 1 is 0.969 bits per heavy atom. The van der Waals surface area contributed by atoms with Crippen LogP contribution in [-0.4, -0.2) is 76.5 Å². The van der Waals surface area contributed by atoms with Crippen LogP contribution in [0.5, 0.6) is 11.5 Å². The number of ether oxygens (including phenoxy) is 3. The highest BCUT2D eigenvalue weighted by Crippen LogP contribution is 2.31. The number of hydrogen-bond donors (Lipinski definition) is 0. The van der Waals surface area contributed by atoms with Gasteiger partial charge in [0.2, 0.25) is 10.0 Å². The van der Waals surface area contributed by atoms with Crippen molar-refractivity contribution in [2.75, 3.05) is 47.0 Å². The van der Waals surface area contributed by atoms with Crippen molar-refractivity contribution in [2.45, 2.75) is 4.90 Å². The number of piperazine rings is 1. The average Bonchev–Trinajstić information content (AvgIpc) is 2.82. The first kappa shape index (κ1) is 23.8. The molecule has 1 aliphatic rings. The number of benzene rings is 2. The Balaban J connectivity index is 1.56. The summed E-state index contributed by atoms with van der Waals surface area (Å²) in [4.78, 5) is 26.5. The maximum absolute atomic E-state index is 12.7. The molecule has 0 atom stereocenters. The summed E-state index contributed by atoms with van der Waals surface area (Å²) < 4.78 is 42.3. The van der Waals surface area contributed by atoms with Crippen LogP contribution in [0.2, 0.25) is 5.02 Å². The molecule has 0 unspecified atom stereocenters. The minimum absolute atomic E-state index is 0.133. The van der Waals surface area contributed by atoms with Gasteiger partial charge in [-0.15, -0.1) is 0 Å². The fourth-order valence-electron chi connectivity index (χ4n) is 3.28. The molecular weight excluding hydrogens is 460 g/mol. The van der Waals surface area contributed by atoms with Gasteiger partial charge in [-0.25, -0.2) is 13.2 Å². The van der Waals surface area contributed by atoms with Crippen molar-refractivity contribution in [3.63, 3.8) is 0 Å². The topological polar surface area (TPSA) is 102 Å². The Bertz CT molecular complexity index is 1080. The highest BCUT2D eigenvalue weighted by atomic mass is 35.5. The fourth-order valence-corrected chi connectivity index (χ4v) is 4.83. The first-order valence-corrected chi connectivity index (χ1v) is 11.5. The van der Waals surface area contributed by atoms with Gasteiger partial charge in [0, 0.05) is 31.2 Å². The predicted molar refractivity (Wildman–Crippen MR) is 117 cm³/mol. The van der Waals surface area contributed by atoms with Crippen LogP contribution in [0.25, 0.3) is 0 Å². The van der Waals surface area contributed by atoms with Gasteiger partial charge in [0.1, 0.15) is 5.56 Å². The van der Waals surface area contributed by atoms with E-state index in [-0.39, 0.29) is 42.4 Å². The first-order valence-electron chi connectivity index (χ1n) is 9.69. The summed E-state index contributed by atoms with van der Waals surface area (Å²) in [5.74, 6) is -0.554. The maximum atomic E-state index is 12.7. The molecule has 0 bridgehead atoms. The molecule has 1 saturated heterocycles. The number of amides is 1. The Hall–Kier alpha value is -2.82. The summed E-state index contributed by atoms with van der Waals surface area (Å²) in [7, 11) is -0.831. The van der Waals surface area contributed by atoms with Crippen molar-refractivity contribution in [3.05, 3.63) is 53.1 Å². The van der Waals surface area contributed by atoms with Gasteiger partial charge in [-0.1, -0.05) is 17.7 Å². The van der Waals surface area contributed by atoms with Gasteiger partial charge < -0.3 is 19.1 Å². The third-order valence-corrected chi connectivity index (χ3v) is 7.16. The van der Waals surface area contributed by atoms with Gasteiger partial charge in [-0.3, -0.25) is 4.79 Å². The van der Waals surface area contributed by atoms with E-state index in [9.17, 15) is 18.0 Å². The summed E-state index contributed by atoms with van der Waals surface area (Å²) in [5, 5.41) is 0.445. The second kappa shape index (κ2) is 10.2. The van der Waals surface area contributed by atoms with Crippen LogP contribution in [0.15, 0.2) is 47.4 Å². The SMILES string of the molecule is COc1cccc(C(=O)OCC(=O)N2CCN(S(=O)(=O)c3ccc(Cl)cc3)CC2)c1OC. The molecule has 0 saturated carbocycles.